The summed E-state index contributed by atoms with van der Waals surface area (Å²) in [6, 6.07) is 9.34. The SMILES string of the molecule is CCn1c(COc2cccc(C(F)(F)F)c2)nnc1SCC(=O)Nc1cc(Cl)ccc1Cl. The van der Waals surface area contributed by atoms with E-state index in [2.05, 4.69) is 15.5 Å². The van der Waals surface area contributed by atoms with Crippen molar-refractivity contribution in [1.29, 1.82) is 0 Å². The van der Waals surface area contributed by atoms with E-state index in [-0.39, 0.29) is 24.0 Å². The standard InChI is InChI=1S/C20H17Cl2F3N4O2S/c1-2-29-17(10-31-14-5-3-4-12(8-14)20(23,24)25)27-28-19(29)32-11-18(30)26-16-9-13(21)6-7-15(16)22/h3-9H,2,10-11H2,1H3,(H,26,30). The summed E-state index contributed by atoms with van der Waals surface area (Å²) in [6.07, 6.45) is -4.46. The van der Waals surface area contributed by atoms with Gasteiger partial charge in [0.15, 0.2) is 11.0 Å². The zero-order valence-electron chi connectivity index (χ0n) is 16.6. The number of amides is 1. The molecule has 1 amide bonds. The number of nitrogens with zero attached hydrogens (tertiary/aromatic N) is 3. The zero-order chi connectivity index (χ0) is 23.3. The first-order chi connectivity index (χ1) is 15.2. The smallest absolute Gasteiger partial charge is 0.416 e. The van der Waals surface area contributed by atoms with Crippen molar-refractivity contribution in [2.24, 2.45) is 0 Å². The van der Waals surface area contributed by atoms with Crippen LogP contribution in [-0.4, -0.2) is 26.4 Å². The second-order valence-electron chi connectivity index (χ2n) is 6.42. The summed E-state index contributed by atoms with van der Waals surface area (Å²) in [5.74, 6) is 0.213. The van der Waals surface area contributed by atoms with Crippen molar-refractivity contribution < 1.29 is 22.7 Å². The predicted octanol–water partition coefficient (Wildman–Crippen LogP) is 5.93. The number of ether oxygens (including phenoxy) is 1. The quantitative estimate of drug-likeness (QED) is 0.384. The lowest BCUT2D eigenvalue weighted by Gasteiger charge is -2.11. The molecule has 0 atom stereocenters. The normalized spacial score (nSPS) is 11.4. The third kappa shape index (κ3) is 6.30. The number of nitrogens with one attached hydrogen (secondary N) is 1. The van der Waals surface area contributed by atoms with Crippen LogP contribution in [0.3, 0.4) is 0 Å². The molecule has 0 unspecified atom stereocenters. The van der Waals surface area contributed by atoms with Crippen LogP contribution in [0.5, 0.6) is 5.75 Å². The van der Waals surface area contributed by atoms with Gasteiger partial charge < -0.3 is 14.6 Å². The summed E-state index contributed by atoms with van der Waals surface area (Å²) in [5, 5.41) is 12.0. The number of carbonyl (C=O) groups excluding carboxylic acids is 1. The van der Waals surface area contributed by atoms with Gasteiger partial charge in [0, 0.05) is 11.6 Å². The van der Waals surface area contributed by atoms with Gasteiger partial charge in [-0.05, 0) is 43.3 Å². The van der Waals surface area contributed by atoms with Crippen molar-refractivity contribution in [3.63, 3.8) is 0 Å². The van der Waals surface area contributed by atoms with Crippen LogP contribution in [0.4, 0.5) is 18.9 Å². The maximum atomic E-state index is 12.9. The number of carbonyl (C=O) groups is 1. The Kier molecular flexibility index (Phi) is 7.91. The number of alkyl halides is 3. The number of benzene rings is 2. The Bertz CT molecular complexity index is 1110. The molecule has 1 heterocycles. The molecule has 0 spiro atoms. The summed E-state index contributed by atoms with van der Waals surface area (Å²) < 4.78 is 45.7. The van der Waals surface area contributed by atoms with E-state index in [4.69, 9.17) is 27.9 Å². The van der Waals surface area contributed by atoms with Crippen LogP contribution in [0.15, 0.2) is 47.6 Å². The molecule has 0 aliphatic carbocycles. The van der Waals surface area contributed by atoms with Crippen molar-refractivity contribution in [2.45, 2.75) is 31.4 Å². The van der Waals surface area contributed by atoms with Gasteiger partial charge in [-0.1, -0.05) is 41.0 Å². The van der Waals surface area contributed by atoms with Crippen LogP contribution in [0, 0.1) is 0 Å². The maximum absolute atomic E-state index is 12.9. The van der Waals surface area contributed by atoms with Crippen molar-refractivity contribution >= 4 is 46.6 Å². The summed E-state index contributed by atoms with van der Waals surface area (Å²) in [7, 11) is 0. The lowest BCUT2D eigenvalue weighted by Crippen LogP contribution is -2.15. The first-order valence-electron chi connectivity index (χ1n) is 9.27. The number of thioether (sulfide) groups is 1. The van der Waals surface area contributed by atoms with Crippen molar-refractivity contribution in [1.82, 2.24) is 14.8 Å². The molecule has 0 radical (unpaired) electrons. The highest BCUT2D eigenvalue weighted by molar-refractivity contribution is 7.99. The van der Waals surface area contributed by atoms with Crippen molar-refractivity contribution in [3.05, 3.63) is 63.9 Å². The van der Waals surface area contributed by atoms with Gasteiger partial charge >= 0.3 is 6.18 Å². The molecule has 0 saturated carbocycles. The topological polar surface area (TPSA) is 69.0 Å². The molecule has 0 aliphatic heterocycles. The molecule has 170 valence electrons. The second kappa shape index (κ2) is 10.5. The zero-order valence-corrected chi connectivity index (χ0v) is 18.9. The van der Waals surface area contributed by atoms with E-state index in [1.54, 1.807) is 22.8 Å². The molecule has 3 rings (SSSR count). The molecule has 0 fully saturated rings. The Labute approximate surface area is 196 Å². The molecule has 0 bridgehead atoms. The van der Waals surface area contributed by atoms with Crippen LogP contribution in [0.2, 0.25) is 10.0 Å². The largest absolute Gasteiger partial charge is 0.486 e. The fourth-order valence-electron chi connectivity index (χ4n) is 2.67. The minimum absolute atomic E-state index is 0.0372. The number of aromatic nitrogens is 3. The first kappa shape index (κ1) is 24.2. The minimum atomic E-state index is -4.46. The fraction of sp³-hybridized carbons (Fsp3) is 0.250. The molecular weight excluding hydrogens is 488 g/mol. The summed E-state index contributed by atoms with van der Waals surface area (Å²) in [5.41, 5.74) is -0.397. The van der Waals surface area contributed by atoms with Gasteiger partial charge in [-0.3, -0.25) is 4.79 Å². The maximum Gasteiger partial charge on any atom is 0.416 e. The van der Waals surface area contributed by atoms with E-state index >= 15 is 0 Å². The van der Waals surface area contributed by atoms with Crippen molar-refractivity contribution in [3.8, 4) is 5.75 Å². The Morgan fingerprint density at radius 2 is 1.97 bits per heavy atom. The molecule has 3 aromatic rings. The molecular formula is C20H17Cl2F3N4O2S. The Balaban J connectivity index is 1.61. The lowest BCUT2D eigenvalue weighted by atomic mass is 10.2. The van der Waals surface area contributed by atoms with E-state index in [0.717, 1.165) is 23.9 Å². The van der Waals surface area contributed by atoms with Crippen LogP contribution in [0.1, 0.15) is 18.3 Å². The second-order valence-corrected chi connectivity index (χ2v) is 8.20. The Morgan fingerprint density at radius 3 is 2.69 bits per heavy atom. The number of hydrogen-bond acceptors (Lipinski definition) is 5. The molecule has 0 saturated heterocycles. The summed E-state index contributed by atoms with van der Waals surface area (Å²) in [6.45, 7) is 2.26. The minimum Gasteiger partial charge on any atom is -0.486 e. The highest BCUT2D eigenvalue weighted by Crippen LogP contribution is 2.31. The van der Waals surface area contributed by atoms with Crippen LogP contribution >= 0.6 is 35.0 Å². The van der Waals surface area contributed by atoms with Crippen LogP contribution in [-0.2, 0) is 24.1 Å². The lowest BCUT2D eigenvalue weighted by molar-refractivity contribution is -0.137. The molecule has 12 heteroatoms. The summed E-state index contributed by atoms with van der Waals surface area (Å²) in [4.78, 5) is 12.3. The third-order valence-corrected chi connectivity index (χ3v) is 5.71. The van der Waals surface area contributed by atoms with Gasteiger partial charge in [-0.25, -0.2) is 0 Å². The number of anilines is 1. The van der Waals surface area contributed by atoms with Crippen LogP contribution in [0.25, 0.3) is 0 Å². The first-order valence-corrected chi connectivity index (χ1v) is 11.0. The van der Waals surface area contributed by atoms with Gasteiger partial charge in [0.05, 0.1) is 22.0 Å². The number of halogens is 5. The summed E-state index contributed by atoms with van der Waals surface area (Å²) >= 11 is 13.1. The highest BCUT2D eigenvalue weighted by atomic mass is 35.5. The molecule has 1 N–H and O–H groups in total. The number of hydrogen-bond donors (Lipinski definition) is 1. The Hall–Kier alpha value is -2.43. The van der Waals surface area contributed by atoms with Gasteiger partial charge in [0.1, 0.15) is 12.4 Å². The molecule has 0 aliphatic rings. The molecule has 6 nitrogen and oxygen atoms in total. The fourth-order valence-corrected chi connectivity index (χ4v) is 3.83. The monoisotopic (exact) mass is 504 g/mol. The van der Waals surface area contributed by atoms with E-state index in [1.807, 2.05) is 6.92 Å². The van der Waals surface area contributed by atoms with Gasteiger partial charge in [-0.2, -0.15) is 13.2 Å². The van der Waals surface area contributed by atoms with E-state index in [0.29, 0.717) is 33.3 Å². The third-order valence-electron chi connectivity index (χ3n) is 4.17. The van der Waals surface area contributed by atoms with Gasteiger partial charge in [0.25, 0.3) is 0 Å². The molecule has 2 aromatic carbocycles. The molecule has 32 heavy (non-hydrogen) atoms. The van der Waals surface area contributed by atoms with E-state index < -0.39 is 11.7 Å². The highest BCUT2D eigenvalue weighted by Gasteiger charge is 2.30. The van der Waals surface area contributed by atoms with Crippen molar-refractivity contribution in [2.75, 3.05) is 11.1 Å². The molecule has 1 aromatic heterocycles. The van der Waals surface area contributed by atoms with Crippen LogP contribution < -0.4 is 10.1 Å². The van der Waals surface area contributed by atoms with Gasteiger partial charge in [-0.15, -0.1) is 10.2 Å². The Morgan fingerprint density at radius 1 is 1.19 bits per heavy atom. The van der Waals surface area contributed by atoms with E-state index in [1.165, 1.54) is 12.1 Å². The number of rotatable bonds is 8. The predicted molar refractivity (Wildman–Crippen MR) is 117 cm³/mol. The van der Waals surface area contributed by atoms with E-state index in [9.17, 15) is 18.0 Å². The average molecular weight is 505 g/mol. The van der Waals surface area contributed by atoms with Gasteiger partial charge in [0.2, 0.25) is 5.91 Å². The average Bonchev–Trinajstić information content (AvgIpc) is 3.15.